The standard InChI is InChI=1S/C27H34O5/c1-24(2)12-8-13-25(3)19-15-21-18(11-14-31-21)26(4,29)20(19)16-22(27(24,25)30)32-23(28)17-9-6-5-7-10-17/h5-7,9-11,14,19-20,22,29-30H,8,12-13,15-16H2,1-4H3/t19-,20+,22+,25+,26+,27+/m0/s1. The van der Waals surface area contributed by atoms with E-state index in [1.165, 1.54) is 0 Å². The van der Waals surface area contributed by atoms with E-state index < -0.39 is 34.1 Å². The van der Waals surface area contributed by atoms with Crippen molar-refractivity contribution in [2.75, 3.05) is 0 Å². The molecular weight excluding hydrogens is 404 g/mol. The molecule has 5 rings (SSSR count). The summed E-state index contributed by atoms with van der Waals surface area (Å²) < 4.78 is 11.9. The fourth-order valence-electron chi connectivity index (χ4n) is 7.58. The molecule has 1 heterocycles. The van der Waals surface area contributed by atoms with Crippen molar-refractivity contribution in [3.05, 3.63) is 59.5 Å². The summed E-state index contributed by atoms with van der Waals surface area (Å²) >= 11 is 0. The number of aliphatic hydroxyl groups is 2. The maximum Gasteiger partial charge on any atom is 0.338 e. The van der Waals surface area contributed by atoms with Gasteiger partial charge in [0.25, 0.3) is 0 Å². The van der Waals surface area contributed by atoms with Crippen LogP contribution in [-0.4, -0.2) is 27.9 Å². The fraction of sp³-hybridized carbons (Fsp3) is 0.593. The highest BCUT2D eigenvalue weighted by atomic mass is 16.6. The Labute approximate surface area is 189 Å². The zero-order chi connectivity index (χ0) is 22.9. The highest BCUT2D eigenvalue weighted by molar-refractivity contribution is 5.89. The summed E-state index contributed by atoms with van der Waals surface area (Å²) in [4.78, 5) is 13.1. The van der Waals surface area contributed by atoms with E-state index in [0.717, 1.165) is 30.6 Å². The first-order valence-corrected chi connectivity index (χ1v) is 11.8. The van der Waals surface area contributed by atoms with Crippen molar-refractivity contribution in [3.8, 4) is 0 Å². The van der Waals surface area contributed by atoms with E-state index in [4.69, 9.17) is 9.15 Å². The predicted octanol–water partition coefficient (Wildman–Crippen LogP) is 4.85. The third-order valence-electron chi connectivity index (χ3n) is 9.32. The van der Waals surface area contributed by atoms with Crippen LogP contribution < -0.4 is 0 Å². The third kappa shape index (κ3) is 2.73. The van der Waals surface area contributed by atoms with Gasteiger partial charge in [0.15, 0.2) is 0 Å². The van der Waals surface area contributed by atoms with Crippen molar-refractivity contribution in [2.24, 2.45) is 22.7 Å². The van der Waals surface area contributed by atoms with Crippen molar-refractivity contribution in [1.29, 1.82) is 0 Å². The number of esters is 1. The summed E-state index contributed by atoms with van der Waals surface area (Å²) in [5.41, 5.74) is -2.02. The highest BCUT2D eigenvalue weighted by Crippen LogP contribution is 2.67. The van der Waals surface area contributed by atoms with Gasteiger partial charge in [0.2, 0.25) is 0 Å². The Balaban J connectivity index is 1.62. The molecular formula is C27H34O5. The Morgan fingerprint density at radius 2 is 1.75 bits per heavy atom. The van der Waals surface area contributed by atoms with Gasteiger partial charge >= 0.3 is 5.97 Å². The van der Waals surface area contributed by atoms with Crippen molar-refractivity contribution >= 4 is 5.97 Å². The van der Waals surface area contributed by atoms with Crippen LogP contribution in [0.4, 0.5) is 0 Å². The van der Waals surface area contributed by atoms with E-state index in [0.29, 0.717) is 18.4 Å². The summed E-state index contributed by atoms with van der Waals surface area (Å²) in [5.74, 6) is 0.251. The molecule has 1 aromatic heterocycles. The Kier molecular flexibility index (Phi) is 4.71. The van der Waals surface area contributed by atoms with E-state index in [1.807, 2.05) is 31.2 Å². The zero-order valence-electron chi connectivity index (χ0n) is 19.4. The number of rotatable bonds is 2. The molecule has 2 fully saturated rings. The molecule has 5 heteroatoms. The lowest BCUT2D eigenvalue weighted by atomic mass is 9.40. The van der Waals surface area contributed by atoms with E-state index in [-0.39, 0.29) is 11.8 Å². The first kappa shape index (κ1) is 21.7. The monoisotopic (exact) mass is 438 g/mol. The van der Waals surface area contributed by atoms with Crippen LogP contribution in [0.15, 0.2) is 47.1 Å². The third-order valence-corrected chi connectivity index (χ3v) is 9.32. The van der Waals surface area contributed by atoms with Crippen molar-refractivity contribution in [2.45, 2.75) is 77.1 Å². The molecule has 1 aromatic carbocycles. The molecule has 0 aliphatic heterocycles. The molecule has 0 saturated heterocycles. The maximum absolute atomic E-state index is 13.1. The average Bonchev–Trinajstić information content (AvgIpc) is 3.22. The van der Waals surface area contributed by atoms with Gasteiger partial charge in [-0.25, -0.2) is 4.79 Å². The average molecular weight is 439 g/mol. The van der Waals surface area contributed by atoms with Crippen LogP contribution in [0, 0.1) is 22.7 Å². The SMILES string of the molecule is CC1(C)CCC[C@]2(C)[C@H]3Cc4occc4[C@@](C)(O)[C@@H]3C[C@@H](OC(=O)c3ccccc3)[C@@]12O. The van der Waals surface area contributed by atoms with Crippen LogP contribution in [0.3, 0.4) is 0 Å². The van der Waals surface area contributed by atoms with Crippen LogP contribution in [-0.2, 0) is 16.8 Å². The molecule has 3 aliphatic carbocycles. The Morgan fingerprint density at radius 3 is 2.47 bits per heavy atom. The molecule has 0 amide bonds. The van der Waals surface area contributed by atoms with E-state index >= 15 is 0 Å². The number of fused-ring (bicyclic) bond motifs is 4. The molecule has 6 atom stereocenters. The molecule has 32 heavy (non-hydrogen) atoms. The normalized spacial score (nSPS) is 40.0. The van der Waals surface area contributed by atoms with Crippen LogP contribution in [0.2, 0.25) is 0 Å². The van der Waals surface area contributed by atoms with Crippen LogP contribution >= 0.6 is 0 Å². The fourth-order valence-corrected chi connectivity index (χ4v) is 7.58. The molecule has 0 radical (unpaired) electrons. The lowest BCUT2D eigenvalue weighted by Crippen LogP contribution is -2.74. The first-order valence-electron chi connectivity index (χ1n) is 11.8. The Morgan fingerprint density at radius 1 is 1.03 bits per heavy atom. The minimum Gasteiger partial charge on any atom is -0.469 e. The summed E-state index contributed by atoms with van der Waals surface area (Å²) in [7, 11) is 0. The number of hydrogen-bond donors (Lipinski definition) is 2. The molecule has 2 aromatic rings. The van der Waals surface area contributed by atoms with Crippen LogP contribution in [0.5, 0.6) is 0 Å². The molecule has 2 saturated carbocycles. The molecule has 0 unspecified atom stereocenters. The topological polar surface area (TPSA) is 79.9 Å². The minimum atomic E-state index is -1.22. The quantitative estimate of drug-likeness (QED) is 0.655. The molecule has 3 aliphatic rings. The van der Waals surface area contributed by atoms with Gasteiger partial charge in [-0.05, 0) is 61.6 Å². The second-order valence-electron chi connectivity index (χ2n) is 11.2. The van der Waals surface area contributed by atoms with Gasteiger partial charge in [-0.1, -0.05) is 45.4 Å². The van der Waals surface area contributed by atoms with Gasteiger partial charge in [0.1, 0.15) is 17.5 Å². The summed E-state index contributed by atoms with van der Waals surface area (Å²) in [6.07, 6.45) is 4.69. The summed E-state index contributed by atoms with van der Waals surface area (Å²) in [6, 6.07) is 10.8. The molecule has 172 valence electrons. The molecule has 5 nitrogen and oxygen atoms in total. The number of carbonyl (C=O) groups is 1. The van der Waals surface area contributed by atoms with Crippen LogP contribution in [0.1, 0.15) is 75.1 Å². The van der Waals surface area contributed by atoms with Gasteiger partial charge in [0.05, 0.1) is 17.4 Å². The number of furan rings is 1. The second kappa shape index (κ2) is 6.94. The second-order valence-corrected chi connectivity index (χ2v) is 11.2. The lowest BCUT2D eigenvalue weighted by Gasteiger charge is -2.68. The van der Waals surface area contributed by atoms with E-state index in [1.54, 1.807) is 18.4 Å². The zero-order valence-corrected chi connectivity index (χ0v) is 19.4. The Bertz CT molecular complexity index is 1020. The minimum absolute atomic E-state index is 0.0207. The maximum atomic E-state index is 13.1. The Hall–Kier alpha value is -2.11. The number of ether oxygens (including phenoxy) is 1. The van der Waals surface area contributed by atoms with Gasteiger partial charge in [-0.15, -0.1) is 0 Å². The number of benzene rings is 1. The molecule has 2 N–H and O–H groups in total. The van der Waals surface area contributed by atoms with Crippen molar-refractivity contribution < 1.29 is 24.2 Å². The van der Waals surface area contributed by atoms with Crippen molar-refractivity contribution in [1.82, 2.24) is 0 Å². The summed E-state index contributed by atoms with van der Waals surface area (Å²) in [6.45, 7) is 8.16. The van der Waals surface area contributed by atoms with E-state index in [9.17, 15) is 15.0 Å². The number of carbonyl (C=O) groups excluding carboxylic acids is 1. The highest BCUT2D eigenvalue weighted by Gasteiger charge is 2.71. The van der Waals surface area contributed by atoms with Gasteiger partial charge in [0, 0.05) is 17.4 Å². The van der Waals surface area contributed by atoms with E-state index in [2.05, 4.69) is 20.8 Å². The lowest BCUT2D eigenvalue weighted by molar-refractivity contribution is -0.298. The first-order chi connectivity index (χ1) is 15.0. The molecule has 0 bridgehead atoms. The van der Waals surface area contributed by atoms with Gasteiger partial charge in [-0.3, -0.25) is 0 Å². The molecule has 0 spiro atoms. The van der Waals surface area contributed by atoms with Gasteiger partial charge in [-0.2, -0.15) is 0 Å². The predicted molar refractivity (Wildman–Crippen MR) is 120 cm³/mol. The van der Waals surface area contributed by atoms with Gasteiger partial charge < -0.3 is 19.4 Å². The largest absolute Gasteiger partial charge is 0.469 e. The smallest absolute Gasteiger partial charge is 0.338 e. The summed E-state index contributed by atoms with van der Waals surface area (Å²) in [5, 5.41) is 24.3. The number of hydrogen-bond acceptors (Lipinski definition) is 5. The van der Waals surface area contributed by atoms with Crippen LogP contribution in [0.25, 0.3) is 0 Å². The van der Waals surface area contributed by atoms with Crippen molar-refractivity contribution in [3.63, 3.8) is 0 Å².